The van der Waals surface area contributed by atoms with E-state index < -0.39 is 10.0 Å². The highest BCUT2D eigenvalue weighted by Crippen LogP contribution is 2.66. The van der Waals surface area contributed by atoms with Crippen molar-refractivity contribution < 1.29 is 0 Å². The lowest BCUT2D eigenvalue weighted by Crippen LogP contribution is -2.02. The lowest BCUT2D eigenvalue weighted by Gasteiger charge is -2.38. The summed E-state index contributed by atoms with van der Waals surface area (Å²) < 4.78 is 0. The third-order valence-corrected chi connectivity index (χ3v) is 8.28. The zero-order valence-electron chi connectivity index (χ0n) is 13.7. The standard InChI is InChI=1S/C23H20S/c1-24(20-13-4-2-5-14-20,21-15-6-3-7-16-21)23-18-10-12-19-11-8-9-17-22(19)23/h2-18H,1H3. The van der Waals surface area contributed by atoms with Crippen LogP contribution in [0, 0.1) is 0 Å². The van der Waals surface area contributed by atoms with Gasteiger partial charge in [-0.15, -0.1) is 0 Å². The molecular weight excluding hydrogens is 308 g/mol. The third-order valence-electron chi connectivity index (χ3n) is 4.62. The van der Waals surface area contributed by atoms with Crippen molar-refractivity contribution in [3.05, 3.63) is 103 Å². The summed E-state index contributed by atoms with van der Waals surface area (Å²) in [5.41, 5.74) is 0. The summed E-state index contributed by atoms with van der Waals surface area (Å²) in [5, 5.41) is 2.66. The molecule has 0 atom stereocenters. The van der Waals surface area contributed by atoms with E-state index in [0.717, 1.165) is 0 Å². The van der Waals surface area contributed by atoms with Crippen molar-refractivity contribution in [3.63, 3.8) is 0 Å². The van der Waals surface area contributed by atoms with Gasteiger partial charge in [0.25, 0.3) is 0 Å². The Morgan fingerprint density at radius 1 is 0.500 bits per heavy atom. The Balaban J connectivity index is 2.07. The zero-order valence-corrected chi connectivity index (χ0v) is 14.5. The largest absolute Gasteiger partial charge is 0.163 e. The molecule has 0 aliphatic heterocycles. The lowest BCUT2D eigenvalue weighted by molar-refractivity contribution is 1.32. The molecule has 0 amide bonds. The lowest BCUT2D eigenvalue weighted by atomic mass is 10.1. The van der Waals surface area contributed by atoms with E-state index in [9.17, 15) is 0 Å². The highest BCUT2D eigenvalue weighted by molar-refractivity contribution is 8.33. The van der Waals surface area contributed by atoms with Gasteiger partial charge in [-0.3, -0.25) is 0 Å². The number of fused-ring (bicyclic) bond motifs is 1. The van der Waals surface area contributed by atoms with E-state index in [0.29, 0.717) is 0 Å². The monoisotopic (exact) mass is 328 g/mol. The van der Waals surface area contributed by atoms with Gasteiger partial charge < -0.3 is 0 Å². The predicted octanol–water partition coefficient (Wildman–Crippen LogP) is 6.75. The molecule has 0 aliphatic rings. The van der Waals surface area contributed by atoms with Crippen molar-refractivity contribution in [1.82, 2.24) is 0 Å². The Bertz CT molecular complexity index is 914. The minimum atomic E-state index is -1.30. The van der Waals surface area contributed by atoms with Gasteiger partial charge in [0, 0.05) is 4.90 Å². The first kappa shape index (κ1) is 15.0. The van der Waals surface area contributed by atoms with Crippen molar-refractivity contribution in [1.29, 1.82) is 0 Å². The van der Waals surface area contributed by atoms with E-state index in [1.165, 1.54) is 25.5 Å². The summed E-state index contributed by atoms with van der Waals surface area (Å²) >= 11 is 0. The molecule has 0 spiro atoms. The van der Waals surface area contributed by atoms with Gasteiger partial charge >= 0.3 is 0 Å². The summed E-state index contributed by atoms with van der Waals surface area (Å²) in [6, 6.07) is 37.3. The van der Waals surface area contributed by atoms with Gasteiger partial charge in [0.1, 0.15) is 0 Å². The van der Waals surface area contributed by atoms with Crippen molar-refractivity contribution in [2.75, 3.05) is 6.26 Å². The van der Waals surface area contributed by atoms with Crippen LogP contribution in [0.5, 0.6) is 0 Å². The average Bonchev–Trinajstić information content (AvgIpc) is 2.68. The van der Waals surface area contributed by atoms with E-state index in [4.69, 9.17) is 0 Å². The highest BCUT2D eigenvalue weighted by Gasteiger charge is 2.27. The van der Waals surface area contributed by atoms with Crippen LogP contribution in [0.1, 0.15) is 0 Å². The summed E-state index contributed by atoms with van der Waals surface area (Å²) in [7, 11) is -1.30. The second-order valence-electron chi connectivity index (χ2n) is 6.02. The van der Waals surface area contributed by atoms with Crippen LogP contribution in [-0.4, -0.2) is 6.26 Å². The van der Waals surface area contributed by atoms with E-state index in [2.05, 4.69) is 109 Å². The van der Waals surface area contributed by atoms with Crippen LogP contribution in [0.15, 0.2) is 118 Å². The Morgan fingerprint density at radius 3 is 1.62 bits per heavy atom. The second kappa shape index (κ2) is 6.18. The summed E-state index contributed by atoms with van der Waals surface area (Å²) in [6.45, 7) is 0. The van der Waals surface area contributed by atoms with E-state index in [1.54, 1.807) is 0 Å². The van der Waals surface area contributed by atoms with Gasteiger partial charge in [-0.05, 0) is 57.2 Å². The fourth-order valence-corrected chi connectivity index (χ4v) is 6.49. The first-order valence-electron chi connectivity index (χ1n) is 8.16. The van der Waals surface area contributed by atoms with Crippen LogP contribution in [-0.2, 0) is 0 Å². The van der Waals surface area contributed by atoms with Gasteiger partial charge in [-0.1, -0.05) is 72.8 Å². The van der Waals surface area contributed by atoms with Crippen LogP contribution < -0.4 is 0 Å². The number of hydrogen-bond acceptors (Lipinski definition) is 0. The molecule has 0 nitrogen and oxygen atoms in total. The molecule has 0 saturated heterocycles. The highest BCUT2D eigenvalue weighted by atomic mass is 32.3. The molecule has 0 radical (unpaired) electrons. The normalized spacial score (nSPS) is 12.2. The minimum absolute atomic E-state index is 1.30. The molecule has 4 rings (SSSR count). The SMILES string of the molecule is CS(c1ccccc1)(c1ccccc1)c1cccc2ccccc12. The molecule has 1 heteroatoms. The second-order valence-corrected chi connectivity index (χ2v) is 9.24. The van der Waals surface area contributed by atoms with Crippen LogP contribution in [0.2, 0.25) is 0 Å². The molecule has 0 bridgehead atoms. The van der Waals surface area contributed by atoms with Gasteiger partial charge in [0.2, 0.25) is 0 Å². The van der Waals surface area contributed by atoms with Crippen LogP contribution in [0.4, 0.5) is 0 Å². The van der Waals surface area contributed by atoms with Crippen LogP contribution >= 0.6 is 10.0 Å². The quantitative estimate of drug-likeness (QED) is 0.390. The summed E-state index contributed by atoms with van der Waals surface area (Å²) in [5.74, 6) is 0. The van der Waals surface area contributed by atoms with Crippen molar-refractivity contribution in [3.8, 4) is 0 Å². The third kappa shape index (κ3) is 2.42. The summed E-state index contributed by atoms with van der Waals surface area (Å²) in [4.78, 5) is 4.22. The van der Waals surface area contributed by atoms with Gasteiger partial charge in [-0.2, -0.15) is 10.0 Å². The minimum Gasteiger partial charge on any atom is -0.163 e. The average molecular weight is 328 g/mol. The van der Waals surface area contributed by atoms with E-state index in [-0.39, 0.29) is 0 Å². The van der Waals surface area contributed by atoms with Crippen molar-refractivity contribution >= 4 is 20.8 Å². The summed E-state index contributed by atoms with van der Waals surface area (Å²) in [6.07, 6.45) is 2.42. The Morgan fingerprint density at radius 2 is 1.00 bits per heavy atom. The van der Waals surface area contributed by atoms with Gasteiger partial charge in [-0.25, -0.2) is 0 Å². The Labute approximate surface area is 145 Å². The fourth-order valence-electron chi connectivity index (χ4n) is 3.33. The molecule has 118 valence electrons. The molecule has 4 aromatic rings. The molecule has 0 N–H and O–H groups in total. The van der Waals surface area contributed by atoms with E-state index in [1.807, 2.05) is 0 Å². The molecule has 0 aliphatic carbocycles. The molecule has 0 fully saturated rings. The molecule has 0 heterocycles. The molecular formula is C23H20S. The molecule has 0 aromatic heterocycles. The predicted molar refractivity (Wildman–Crippen MR) is 105 cm³/mol. The number of rotatable bonds is 3. The zero-order chi connectivity index (χ0) is 16.4. The van der Waals surface area contributed by atoms with Gasteiger partial charge in [0.05, 0.1) is 0 Å². The maximum atomic E-state index is 2.42. The van der Waals surface area contributed by atoms with Crippen molar-refractivity contribution in [2.24, 2.45) is 0 Å². The van der Waals surface area contributed by atoms with Crippen LogP contribution in [0.25, 0.3) is 10.8 Å². The topological polar surface area (TPSA) is 0 Å². The number of benzene rings is 4. The van der Waals surface area contributed by atoms with Crippen molar-refractivity contribution in [2.45, 2.75) is 14.7 Å². The maximum absolute atomic E-state index is 2.42. The molecule has 24 heavy (non-hydrogen) atoms. The maximum Gasteiger partial charge on any atom is 0.00576 e. The van der Waals surface area contributed by atoms with Crippen LogP contribution in [0.3, 0.4) is 0 Å². The Hall–Kier alpha value is -2.51. The Kier molecular flexibility index (Phi) is 3.87. The molecule has 0 unspecified atom stereocenters. The molecule has 4 aromatic carbocycles. The first-order valence-corrected chi connectivity index (χ1v) is 10.2. The number of hydrogen-bond donors (Lipinski definition) is 0. The molecule has 0 saturated carbocycles. The first-order chi connectivity index (χ1) is 11.8. The smallest absolute Gasteiger partial charge is 0.00576 e. The fraction of sp³-hybridized carbons (Fsp3) is 0.0435. The van der Waals surface area contributed by atoms with Gasteiger partial charge in [0.15, 0.2) is 0 Å². The van der Waals surface area contributed by atoms with E-state index >= 15 is 0 Å².